The number of nitrogens with zero attached hydrogens (tertiary/aromatic N) is 2. The Balaban J connectivity index is 1.67. The molecule has 0 unspecified atom stereocenters. The van der Waals surface area contributed by atoms with Crippen molar-refractivity contribution >= 4 is 16.1 Å². The standard InChI is InChI=1S/C23H31N3O3S/c1-18-11-12-21(19(2)15-18)17-25(3)23(27)24-16-20-9-5-6-10-22(20)30(28,29)26-13-7-4-8-14-26/h5-6,9-12,15H,4,7-8,13-14,16-17H2,1-3H3,(H,24,27). The van der Waals surface area contributed by atoms with Gasteiger partial charge in [-0.1, -0.05) is 48.4 Å². The molecule has 0 saturated carbocycles. The molecule has 1 aliphatic heterocycles. The quantitative estimate of drug-likeness (QED) is 0.759. The zero-order valence-electron chi connectivity index (χ0n) is 18.0. The average Bonchev–Trinajstić information content (AvgIpc) is 2.74. The van der Waals surface area contributed by atoms with Crippen molar-refractivity contribution in [3.05, 3.63) is 64.7 Å². The minimum absolute atomic E-state index is 0.166. The van der Waals surface area contributed by atoms with E-state index in [0.717, 1.165) is 30.4 Å². The number of hydrogen-bond acceptors (Lipinski definition) is 3. The molecule has 1 heterocycles. The topological polar surface area (TPSA) is 69.7 Å². The van der Waals surface area contributed by atoms with E-state index in [1.807, 2.05) is 26.0 Å². The number of carbonyl (C=O) groups is 1. The molecule has 7 heteroatoms. The number of benzene rings is 2. The predicted octanol–water partition coefficient (Wildman–Crippen LogP) is 3.82. The lowest BCUT2D eigenvalue weighted by atomic mass is 10.1. The number of urea groups is 1. The third kappa shape index (κ3) is 5.21. The van der Waals surface area contributed by atoms with E-state index in [9.17, 15) is 13.2 Å². The molecule has 1 N–H and O–H groups in total. The van der Waals surface area contributed by atoms with E-state index in [1.165, 1.54) is 5.56 Å². The number of rotatable bonds is 6. The zero-order valence-corrected chi connectivity index (χ0v) is 18.8. The van der Waals surface area contributed by atoms with Gasteiger partial charge in [-0.15, -0.1) is 0 Å². The highest BCUT2D eigenvalue weighted by molar-refractivity contribution is 7.89. The van der Waals surface area contributed by atoms with E-state index in [1.54, 1.807) is 40.5 Å². The first-order chi connectivity index (χ1) is 14.3. The van der Waals surface area contributed by atoms with Crippen LogP contribution < -0.4 is 5.32 Å². The molecule has 6 nitrogen and oxygen atoms in total. The Bertz CT molecular complexity index is 999. The lowest BCUT2D eigenvalue weighted by Gasteiger charge is -2.27. The fourth-order valence-electron chi connectivity index (χ4n) is 3.80. The van der Waals surface area contributed by atoms with Crippen LogP contribution in [-0.2, 0) is 23.1 Å². The normalized spacial score (nSPS) is 15.0. The molecule has 1 fully saturated rings. The number of aryl methyl sites for hydroxylation is 2. The third-order valence-corrected chi connectivity index (χ3v) is 7.59. The molecular formula is C23H31N3O3S. The molecule has 2 aromatic rings. The highest BCUT2D eigenvalue weighted by Gasteiger charge is 2.28. The van der Waals surface area contributed by atoms with Crippen molar-refractivity contribution in [2.75, 3.05) is 20.1 Å². The fourth-order valence-corrected chi connectivity index (χ4v) is 5.54. The number of hydrogen-bond donors (Lipinski definition) is 1. The second-order valence-corrected chi connectivity index (χ2v) is 9.92. The Morgan fingerprint density at radius 2 is 1.73 bits per heavy atom. The third-order valence-electron chi connectivity index (χ3n) is 5.59. The van der Waals surface area contributed by atoms with Gasteiger partial charge in [0.1, 0.15) is 0 Å². The van der Waals surface area contributed by atoms with Gasteiger partial charge in [0.15, 0.2) is 0 Å². The highest BCUT2D eigenvalue weighted by Crippen LogP contribution is 2.23. The van der Waals surface area contributed by atoms with Crippen molar-refractivity contribution in [2.24, 2.45) is 0 Å². The molecule has 2 amide bonds. The summed E-state index contributed by atoms with van der Waals surface area (Å²) in [7, 11) is -1.81. The van der Waals surface area contributed by atoms with Gasteiger partial charge in [0.25, 0.3) is 0 Å². The first kappa shape index (κ1) is 22.3. The van der Waals surface area contributed by atoms with Crippen molar-refractivity contribution < 1.29 is 13.2 Å². The monoisotopic (exact) mass is 429 g/mol. The van der Waals surface area contributed by atoms with Crippen molar-refractivity contribution in [1.29, 1.82) is 0 Å². The van der Waals surface area contributed by atoms with Crippen LogP contribution in [0.25, 0.3) is 0 Å². The smallest absolute Gasteiger partial charge is 0.317 e. The Kier molecular flexibility index (Phi) is 7.15. The van der Waals surface area contributed by atoms with Crippen LogP contribution in [0.1, 0.15) is 41.5 Å². The molecule has 0 radical (unpaired) electrons. The van der Waals surface area contributed by atoms with Crippen LogP contribution in [0.3, 0.4) is 0 Å². The van der Waals surface area contributed by atoms with Crippen molar-refractivity contribution in [1.82, 2.24) is 14.5 Å². The highest BCUT2D eigenvalue weighted by atomic mass is 32.2. The van der Waals surface area contributed by atoms with E-state index in [-0.39, 0.29) is 17.5 Å². The summed E-state index contributed by atoms with van der Waals surface area (Å²) in [5.41, 5.74) is 4.03. The Morgan fingerprint density at radius 1 is 1.03 bits per heavy atom. The van der Waals surface area contributed by atoms with Crippen molar-refractivity contribution in [2.45, 2.75) is 51.1 Å². The maximum absolute atomic E-state index is 13.1. The van der Waals surface area contributed by atoms with Gasteiger partial charge >= 0.3 is 6.03 Å². The molecule has 3 rings (SSSR count). The van der Waals surface area contributed by atoms with Gasteiger partial charge < -0.3 is 10.2 Å². The summed E-state index contributed by atoms with van der Waals surface area (Å²) in [6.07, 6.45) is 2.85. The number of amides is 2. The van der Waals surface area contributed by atoms with E-state index >= 15 is 0 Å². The van der Waals surface area contributed by atoms with E-state index in [2.05, 4.69) is 11.4 Å². The number of carbonyl (C=O) groups excluding carboxylic acids is 1. The average molecular weight is 430 g/mol. The van der Waals surface area contributed by atoms with Crippen LogP contribution in [0, 0.1) is 13.8 Å². The first-order valence-electron chi connectivity index (χ1n) is 10.4. The summed E-state index contributed by atoms with van der Waals surface area (Å²) in [5.74, 6) is 0. The summed E-state index contributed by atoms with van der Waals surface area (Å²) in [6.45, 7) is 5.85. The molecule has 0 aliphatic carbocycles. The summed E-state index contributed by atoms with van der Waals surface area (Å²) in [6, 6.07) is 12.9. The molecule has 2 aromatic carbocycles. The maximum Gasteiger partial charge on any atom is 0.317 e. The van der Waals surface area contributed by atoms with Gasteiger partial charge in [-0.25, -0.2) is 13.2 Å². The second-order valence-electron chi connectivity index (χ2n) is 8.02. The van der Waals surface area contributed by atoms with Crippen LogP contribution in [-0.4, -0.2) is 43.8 Å². The molecule has 0 aromatic heterocycles. The summed E-state index contributed by atoms with van der Waals surface area (Å²) in [5, 5.41) is 2.87. The summed E-state index contributed by atoms with van der Waals surface area (Å²) < 4.78 is 27.8. The molecule has 0 spiro atoms. The molecular weight excluding hydrogens is 398 g/mol. The maximum atomic E-state index is 13.1. The van der Waals surface area contributed by atoms with Crippen LogP contribution in [0.4, 0.5) is 4.79 Å². The largest absolute Gasteiger partial charge is 0.334 e. The predicted molar refractivity (Wildman–Crippen MR) is 119 cm³/mol. The van der Waals surface area contributed by atoms with Gasteiger partial charge in [-0.3, -0.25) is 0 Å². The Morgan fingerprint density at radius 3 is 2.43 bits per heavy atom. The second kappa shape index (κ2) is 9.62. The van der Waals surface area contributed by atoms with Crippen molar-refractivity contribution in [3.63, 3.8) is 0 Å². The number of nitrogens with one attached hydrogen (secondary N) is 1. The number of sulfonamides is 1. The van der Waals surface area contributed by atoms with Gasteiger partial charge in [0, 0.05) is 33.2 Å². The SMILES string of the molecule is Cc1ccc(CN(C)C(=O)NCc2ccccc2S(=O)(=O)N2CCCCC2)c(C)c1. The number of piperidine rings is 1. The van der Waals surface area contributed by atoms with E-state index < -0.39 is 10.0 Å². The molecule has 162 valence electrons. The van der Waals surface area contributed by atoms with Crippen molar-refractivity contribution in [3.8, 4) is 0 Å². The van der Waals surface area contributed by atoms with Crippen LogP contribution in [0.2, 0.25) is 0 Å². The van der Waals surface area contributed by atoms with Gasteiger partial charge in [0.05, 0.1) is 4.90 Å². The Hall–Kier alpha value is -2.38. The molecule has 0 atom stereocenters. The molecule has 30 heavy (non-hydrogen) atoms. The van der Waals surface area contributed by atoms with E-state index in [0.29, 0.717) is 25.2 Å². The molecule has 1 aliphatic rings. The summed E-state index contributed by atoms with van der Waals surface area (Å²) in [4.78, 5) is 14.5. The van der Waals surface area contributed by atoms with Crippen LogP contribution in [0.5, 0.6) is 0 Å². The van der Waals surface area contributed by atoms with Gasteiger partial charge in [-0.05, 0) is 49.4 Å². The van der Waals surface area contributed by atoms with E-state index in [4.69, 9.17) is 0 Å². The lowest BCUT2D eigenvalue weighted by molar-refractivity contribution is 0.206. The summed E-state index contributed by atoms with van der Waals surface area (Å²) >= 11 is 0. The lowest BCUT2D eigenvalue weighted by Crippen LogP contribution is -2.38. The molecule has 0 bridgehead atoms. The minimum atomic E-state index is -3.55. The van der Waals surface area contributed by atoms with Crippen LogP contribution >= 0.6 is 0 Å². The zero-order chi connectivity index (χ0) is 21.7. The fraction of sp³-hybridized carbons (Fsp3) is 0.435. The van der Waals surface area contributed by atoms with Gasteiger partial charge in [-0.2, -0.15) is 4.31 Å². The first-order valence-corrected chi connectivity index (χ1v) is 11.9. The molecule has 1 saturated heterocycles. The van der Waals surface area contributed by atoms with Gasteiger partial charge in [0.2, 0.25) is 10.0 Å². The van der Waals surface area contributed by atoms with Crippen LogP contribution in [0.15, 0.2) is 47.4 Å². The minimum Gasteiger partial charge on any atom is -0.334 e. The Labute approximate surface area is 179 Å².